The lowest BCUT2D eigenvalue weighted by molar-refractivity contribution is -0.0512. The molecule has 0 heterocycles. The fourth-order valence-corrected chi connectivity index (χ4v) is 2.18. The van der Waals surface area contributed by atoms with Gasteiger partial charge in [0.15, 0.2) is 11.5 Å². The molecule has 0 aliphatic carbocycles. The highest BCUT2D eigenvalue weighted by Crippen LogP contribution is 2.30. The van der Waals surface area contributed by atoms with Gasteiger partial charge in [0.1, 0.15) is 17.4 Å². The summed E-state index contributed by atoms with van der Waals surface area (Å²) in [7, 11) is 2.82. The molecule has 2 rings (SSSR count). The monoisotopic (exact) mass is 359 g/mol. The molecule has 2 aromatic carbocycles. The molecule has 134 valence electrons. The molecule has 0 saturated carbocycles. The molecule has 0 saturated heterocycles. The first-order valence-corrected chi connectivity index (χ1v) is 7.42. The highest BCUT2D eigenvalue weighted by atomic mass is 19.3. The third-order valence-corrected chi connectivity index (χ3v) is 3.43. The summed E-state index contributed by atoms with van der Waals surface area (Å²) in [6.07, 6.45) is 1.30. The maximum Gasteiger partial charge on any atom is 0.387 e. The lowest BCUT2D eigenvalue weighted by atomic mass is 10.0. The summed E-state index contributed by atoms with van der Waals surface area (Å²) in [5.74, 6) is 0.00292. The second-order valence-corrected chi connectivity index (χ2v) is 5.02. The van der Waals surface area contributed by atoms with E-state index in [1.54, 1.807) is 12.1 Å². The molecule has 0 bridgehead atoms. The van der Waals surface area contributed by atoms with Gasteiger partial charge in [-0.2, -0.15) is 14.0 Å². The Kier molecular flexibility index (Phi) is 6.28. The highest BCUT2D eigenvalue weighted by molar-refractivity contribution is 6.14. The fourth-order valence-electron chi connectivity index (χ4n) is 2.18. The molecule has 0 aromatic heterocycles. The van der Waals surface area contributed by atoms with Crippen molar-refractivity contribution in [3.63, 3.8) is 0 Å². The largest absolute Gasteiger partial charge is 0.497 e. The van der Waals surface area contributed by atoms with Crippen LogP contribution in [-0.2, 0) is 0 Å². The average molecular weight is 359 g/mol. The lowest BCUT2D eigenvalue weighted by Crippen LogP contribution is -2.04. The van der Waals surface area contributed by atoms with Crippen molar-refractivity contribution >= 4 is 11.9 Å². The molecular weight excluding hydrogens is 344 g/mol. The second-order valence-electron chi connectivity index (χ2n) is 5.02. The van der Waals surface area contributed by atoms with Crippen LogP contribution < -0.4 is 14.2 Å². The van der Waals surface area contributed by atoms with E-state index in [0.717, 1.165) is 0 Å². The van der Waals surface area contributed by atoms with Gasteiger partial charge < -0.3 is 14.2 Å². The molecule has 0 aliphatic heterocycles. The number of hydrogen-bond donors (Lipinski definition) is 0. The SMILES string of the molecule is COc1ccc(C(=O)/C(C#N)=C/c2ccc(OC)c(OC(F)F)c2)cc1. The van der Waals surface area contributed by atoms with Crippen molar-refractivity contribution in [2.24, 2.45) is 0 Å². The number of benzene rings is 2. The van der Waals surface area contributed by atoms with E-state index in [-0.39, 0.29) is 17.1 Å². The molecule has 0 spiro atoms. The van der Waals surface area contributed by atoms with Crippen LogP contribution in [0.4, 0.5) is 8.78 Å². The van der Waals surface area contributed by atoms with Gasteiger partial charge in [-0.15, -0.1) is 0 Å². The number of hydrogen-bond acceptors (Lipinski definition) is 5. The molecule has 5 nitrogen and oxygen atoms in total. The topological polar surface area (TPSA) is 68.6 Å². The predicted octanol–water partition coefficient (Wildman–Crippen LogP) is 4.10. The normalized spacial score (nSPS) is 11.0. The molecule has 0 fully saturated rings. The van der Waals surface area contributed by atoms with Gasteiger partial charge in [-0.3, -0.25) is 4.79 Å². The summed E-state index contributed by atoms with van der Waals surface area (Å²) < 4.78 is 39.4. The molecular formula is C19H15F2NO4. The van der Waals surface area contributed by atoms with E-state index < -0.39 is 12.4 Å². The number of alkyl halides is 2. The molecule has 0 aliphatic rings. The molecule has 0 unspecified atom stereocenters. The number of nitriles is 1. The Labute approximate surface area is 149 Å². The van der Waals surface area contributed by atoms with E-state index >= 15 is 0 Å². The summed E-state index contributed by atoms with van der Waals surface area (Å²) in [4.78, 5) is 12.5. The summed E-state index contributed by atoms with van der Waals surface area (Å²) in [5, 5.41) is 9.30. The number of Topliss-reactive ketones (excluding diaryl/α,β-unsaturated/α-hetero) is 1. The number of carbonyl (C=O) groups excluding carboxylic acids is 1. The number of ketones is 1. The van der Waals surface area contributed by atoms with E-state index in [4.69, 9.17) is 9.47 Å². The summed E-state index contributed by atoms with van der Waals surface area (Å²) in [6.45, 7) is -3.03. The van der Waals surface area contributed by atoms with Crippen LogP contribution in [-0.4, -0.2) is 26.6 Å². The smallest absolute Gasteiger partial charge is 0.387 e. The fraction of sp³-hybridized carbons (Fsp3) is 0.158. The van der Waals surface area contributed by atoms with Crippen molar-refractivity contribution in [2.45, 2.75) is 6.61 Å². The molecule has 7 heteroatoms. The Morgan fingerprint density at radius 1 is 1.08 bits per heavy atom. The van der Waals surface area contributed by atoms with Gasteiger partial charge in [-0.25, -0.2) is 0 Å². The number of ether oxygens (including phenoxy) is 3. The Morgan fingerprint density at radius 3 is 2.31 bits per heavy atom. The minimum atomic E-state index is -3.03. The number of rotatable bonds is 7. The average Bonchev–Trinajstić information content (AvgIpc) is 2.65. The molecule has 0 atom stereocenters. The quantitative estimate of drug-likeness (QED) is 0.423. The van der Waals surface area contributed by atoms with Crippen LogP contribution >= 0.6 is 0 Å². The first kappa shape index (κ1) is 18.9. The van der Waals surface area contributed by atoms with Crippen LogP contribution in [0.5, 0.6) is 17.2 Å². The minimum absolute atomic E-state index is 0.113. The Morgan fingerprint density at radius 2 is 1.77 bits per heavy atom. The first-order chi connectivity index (χ1) is 12.5. The van der Waals surface area contributed by atoms with E-state index in [2.05, 4.69) is 4.74 Å². The van der Waals surface area contributed by atoms with Crippen LogP contribution in [0.15, 0.2) is 48.0 Å². The first-order valence-electron chi connectivity index (χ1n) is 7.42. The van der Waals surface area contributed by atoms with Crippen LogP contribution in [0.1, 0.15) is 15.9 Å². The van der Waals surface area contributed by atoms with Crippen molar-refractivity contribution in [2.75, 3.05) is 14.2 Å². The van der Waals surface area contributed by atoms with Gasteiger partial charge in [-0.1, -0.05) is 6.07 Å². The maximum absolute atomic E-state index is 12.5. The highest BCUT2D eigenvalue weighted by Gasteiger charge is 2.14. The van der Waals surface area contributed by atoms with Crippen molar-refractivity contribution < 1.29 is 27.8 Å². The number of carbonyl (C=O) groups is 1. The van der Waals surface area contributed by atoms with Crippen molar-refractivity contribution in [1.29, 1.82) is 5.26 Å². The van der Waals surface area contributed by atoms with Crippen LogP contribution in [0.2, 0.25) is 0 Å². The minimum Gasteiger partial charge on any atom is -0.497 e. The van der Waals surface area contributed by atoms with Crippen molar-refractivity contribution in [1.82, 2.24) is 0 Å². The molecule has 0 N–H and O–H groups in total. The van der Waals surface area contributed by atoms with E-state index in [0.29, 0.717) is 16.9 Å². The van der Waals surface area contributed by atoms with Gasteiger partial charge in [-0.05, 0) is 48.0 Å². The van der Waals surface area contributed by atoms with Gasteiger partial charge in [0.2, 0.25) is 5.78 Å². The summed E-state index contributed by atoms with van der Waals surface area (Å²) in [5.41, 5.74) is 0.499. The lowest BCUT2D eigenvalue weighted by Gasteiger charge is -2.10. The molecule has 0 amide bonds. The van der Waals surface area contributed by atoms with Gasteiger partial charge in [0.05, 0.1) is 14.2 Å². The molecule has 26 heavy (non-hydrogen) atoms. The van der Waals surface area contributed by atoms with Gasteiger partial charge in [0, 0.05) is 5.56 Å². The molecule has 0 radical (unpaired) electrons. The van der Waals surface area contributed by atoms with E-state index in [1.165, 1.54) is 50.6 Å². The predicted molar refractivity (Wildman–Crippen MR) is 90.5 cm³/mol. The van der Waals surface area contributed by atoms with Crippen molar-refractivity contribution in [3.05, 3.63) is 59.2 Å². The van der Waals surface area contributed by atoms with Crippen LogP contribution in [0.3, 0.4) is 0 Å². The van der Waals surface area contributed by atoms with E-state index in [9.17, 15) is 18.8 Å². The number of allylic oxidation sites excluding steroid dienone is 1. The summed E-state index contributed by atoms with van der Waals surface area (Å²) in [6, 6.07) is 12.3. The zero-order chi connectivity index (χ0) is 19.1. The summed E-state index contributed by atoms with van der Waals surface area (Å²) >= 11 is 0. The van der Waals surface area contributed by atoms with Crippen molar-refractivity contribution in [3.8, 4) is 23.3 Å². The Balaban J connectivity index is 2.35. The van der Waals surface area contributed by atoms with Crippen LogP contribution in [0, 0.1) is 11.3 Å². The second kappa shape index (κ2) is 8.62. The standard InChI is InChI=1S/C19H15F2NO4/c1-24-15-6-4-13(5-7-15)18(23)14(11-22)9-12-3-8-16(25-2)17(10-12)26-19(20)21/h3-10,19H,1-2H3/b14-9+. The third-order valence-electron chi connectivity index (χ3n) is 3.43. The van der Waals surface area contributed by atoms with Gasteiger partial charge >= 0.3 is 6.61 Å². The van der Waals surface area contributed by atoms with Crippen LogP contribution in [0.25, 0.3) is 6.08 Å². The third kappa shape index (κ3) is 4.57. The Hall–Kier alpha value is -3.40. The Bertz CT molecular complexity index is 855. The zero-order valence-corrected chi connectivity index (χ0v) is 14.0. The van der Waals surface area contributed by atoms with Gasteiger partial charge in [0.25, 0.3) is 0 Å². The molecule has 2 aromatic rings. The van der Waals surface area contributed by atoms with E-state index in [1.807, 2.05) is 6.07 Å². The zero-order valence-electron chi connectivity index (χ0n) is 14.0. The maximum atomic E-state index is 12.5. The number of nitrogens with zero attached hydrogens (tertiary/aromatic N) is 1. The number of halogens is 2. The number of methoxy groups -OCH3 is 2.